The maximum atomic E-state index is 3.25. The molecule has 0 radical (unpaired) electrons. The molecule has 0 aliphatic rings. The minimum absolute atomic E-state index is 0. The van der Waals surface area contributed by atoms with E-state index in [9.17, 15) is 0 Å². The summed E-state index contributed by atoms with van der Waals surface area (Å²) in [5.74, 6) is 0. The zero-order chi connectivity index (χ0) is 10.0. The van der Waals surface area contributed by atoms with E-state index in [1.54, 1.807) is 34.6 Å². The largest absolute Gasteiger partial charge is 3.00 e. The second-order valence-electron chi connectivity index (χ2n) is 0. The van der Waals surface area contributed by atoms with Crippen LogP contribution in [0.4, 0.5) is 0 Å². The molecular formula is C10H25AlMg. The Labute approximate surface area is 109 Å². The first-order valence-electron chi connectivity index (χ1n) is 3.54. The number of hydrogen-bond acceptors (Lipinski definition) is 0. The van der Waals surface area contributed by atoms with Gasteiger partial charge in [-0.3, -0.25) is 0 Å². The van der Waals surface area contributed by atoms with Crippen LogP contribution in [0.1, 0.15) is 34.6 Å². The van der Waals surface area contributed by atoms with Crippen LogP contribution in [0.3, 0.4) is 0 Å². The quantitative estimate of drug-likeness (QED) is 0.411. The molecule has 0 aromatic heterocycles. The molecule has 0 saturated heterocycles. The zero-order valence-electron chi connectivity index (χ0n) is 9.82. The van der Waals surface area contributed by atoms with Crippen molar-refractivity contribution in [3.8, 4) is 0 Å². The molecule has 0 bridgehead atoms. The van der Waals surface area contributed by atoms with Gasteiger partial charge in [-0.1, -0.05) is 0 Å². The second-order valence-corrected chi connectivity index (χ2v) is 0. The minimum Gasteiger partial charge on any atom is -0.346 e. The molecular weight excluding hydrogens is 171 g/mol. The molecule has 0 atom stereocenters. The maximum absolute atomic E-state index is 3.25. The Bertz CT molecular complexity index is 9.80. The predicted molar refractivity (Wildman–Crippen MR) is 66.7 cm³/mol. The van der Waals surface area contributed by atoms with Crippen LogP contribution in [0.25, 0.3) is 0 Å². The normalized spacial score (nSPS) is 2.50. The van der Waals surface area contributed by atoms with Gasteiger partial charge in [0.05, 0.1) is 0 Å². The summed E-state index contributed by atoms with van der Waals surface area (Å²) in [4.78, 5) is 0. The second kappa shape index (κ2) is 931. The van der Waals surface area contributed by atoms with Crippen molar-refractivity contribution in [1.82, 2.24) is 0 Å². The summed E-state index contributed by atoms with van der Waals surface area (Å²) in [6.45, 7) is 25.0. The van der Waals surface area contributed by atoms with E-state index >= 15 is 0 Å². The topological polar surface area (TPSA) is 0 Å². The summed E-state index contributed by atoms with van der Waals surface area (Å²) in [5, 5.41) is 0. The average molecular weight is 197 g/mol. The van der Waals surface area contributed by atoms with Crippen LogP contribution in [0, 0.1) is 34.6 Å². The van der Waals surface area contributed by atoms with Gasteiger partial charge in [-0.05, 0) is 0 Å². The summed E-state index contributed by atoms with van der Waals surface area (Å²) < 4.78 is 0. The molecule has 0 unspecified atom stereocenters. The van der Waals surface area contributed by atoms with Crippen LogP contribution >= 0.6 is 0 Å². The van der Waals surface area contributed by atoms with E-state index in [0.29, 0.717) is 0 Å². The SMILES string of the molecule is [Al+3].[CH2-]C.[CH2-]C.[CH2-]C.[CH2-]C.[CH2-]C.[Mg+2]. The fourth-order valence-electron chi connectivity index (χ4n) is 0. The third-order valence-electron chi connectivity index (χ3n) is 0. The van der Waals surface area contributed by atoms with Gasteiger partial charge in [0.1, 0.15) is 0 Å². The van der Waals surface area contributed by atoms with Crippen LogP contribution in [0.5, 0.6) is 0 Å². The van der Waals surface area contributed by atoms with Crippen molar-refractivity contribution in [2.45, 2.75) is 34.6 Å². The van der Waals surface area contributed by atoms with E-state index in [2.05, 4.69) is 34.6 Å². The Morgan fingerprint density at radius 3 is 0.417 bits per heavy atom. The van der Waals surface area contributed by atoms with E-state index in [1.807, 2.05) is 0 Å². The first-order chi connectivity index (χ1) is 5.00. The first kappa shape index (κ1) is 50.7. The van der Waals surface area contributed by atoms with Crippen molar-refractivity contribution < 1.29 is 0 Å². The minimum atomic E-state index is 0. The Kier molecular flexibility index (Phi) is 3930. The monoisotopic (exact) mass is 196 g/mol. The molecule has 0 nitrogen and oxygen atoms in total. The van der Waals surface area contributed by atoms with E-state index in [-0.39, 0.29) is 40.4 Å². The number of hydrogen-bond donors (Lipinski definition) is 0. The first-order valence-corrected chi connectivity index (χ1v) is 3.54. The summed E-state index contributed by atoms with van der Waals surface area (Å²) in [6.07, 6.45) is 0. The van der Waals surface area contributed by atoms with E-state index in [1.165, 1.54) is 0 Å². The van der Waals surface area contributed by atoms with Crippen LogP contribution in [-0.4, -0.2) is 40.4 Å². The van der Waals surface area contributed by atoms with Gasteiger partial charge in [-0.25, -0.2) is 0 Å². The third kappa shape index (κ3) is 711. The fourth-order valence-corrected chi connectivity index (χ4v) is 0. The van der Waals surface area contributed by atoms with Crippen molar-refractivity contribution in [2.75, 3.05) is 0 Å². The zero-order valence-corrected chi connectivity index (χ0v) is 12.4. The molecule has 0 spiro atoms. The van der Waals surface area contributed by atoms with Crippen molar-refractivity contribution in [3.05, 3.63) is 34.6 Å². The standard InChI is InChI=1S/5C2H5.Al.Mg/c5*1-2;;/h5*1H2,2H3;;/q5*-1;+3;+2. The molecule has 0 N–H and O–H groups in total. The van der Waals surface area contributed by atoms with Crippen LogP contribution in [0.2, 0.25) is 0 Å². The average Bonchev–Trinajstić information content (AvgIpc) is 2.20. The Balaban J connectivity index is -0.00000000500. The summed E-state index contributed by atoms with van der Waals surface area (Å²) in [7, 11) is 0. The predicted octanol–water partition coefficient (Wildman–Crippen LogP) is 3.44. The van der Waals surface area contributed by atoms with Gasteiger partial charge < -0.3 is 34.6 Å². The summed E-state index contributed by atoms with van der Waals surface area (Å²) >= 11 is 0. The molecule has 0 rings (SSSR count). The molecule has 0 aromatic carbocycles. The van der Waals surface area contributed by atoms with E-state index in [4.69, 9.17) is 0 Å². The van der Waals surface area contributed by atoms with Crippen LogP contribution in [-0.2, 0) is 0 Å². The fraction of sp³-hybridized carbons (Fsp3) is 0.500. The molecule has 70 valence electrons. The maximum Gasteiger partial charge on any atom is 3.00 e. The van der Waals surface area contributed by atoms with Gasteiger partial charge in [0.15, 0.2) is 0 Å². The number of rotatable bonds is 0. The molecule has 0 aliphatic carbocycles. The Morgan fingerprint density at radius 2 is 0.417 bits per heavy atom. The summed E-state index contributed by atoms with van der Waals surface area (Å²) in [6, 6.07) is 0. The summed E-state index contributed by atoms with van der Waals surface area (Å²) in [5.41, 5.74) is 0. The van der Waals surface area contributed by atoms with Gasteiger partial charge in [0, 0.05) is 0 Å². The van der Waals surface area contributed by atoms with Gasteiger partial charge in [0.25, 0.3) is 0 Å². The van der Waals surface area contributed by atoms with Gasteiger partial charge >= 0.3 is 40.4 Å². The van der Waals surface area contributed by atoms with Crippen molar-refractivity contribution in [1.29, 1.82) is 0 Å². The molecule has 0 amide bonds. The Hall–Kier alpha value is 1.30. The van der Waals surface area contributed by atoms with Gasteiger partial charge in [0.2, 0.25) is 0 Å². The van der Waals surface area contributed by atoms with E-state index < -0.39 is 0 Å². The Morgan fingerprint density at radius 1 is 0.417 bits per heavy atom. The molecule has 0 aliphatic heterocycles. The van der Waals surface area contributed by atoms with Crippen LogP contribution in [0.15, 0.2) is 0 Å². The van der Waals surface area contributed by atoms with Gasteiger partial charge in [-0.15, -0.1) is 0 Å². The van der Waals surface area contributed by atoms with Crippen molar-refractivity contribution >= 4 is 40.4 Å². The molecule has 0 fully saturated rings. The van der Waals surface area contributed by atoms with Crippen molar-refractivity contribution in [2.24, 2.45) is 0 Å². The molecule has 0 aromatic rings. The van der Waals surface area contributed by atoms with Crippen LogP contribution < -0.4 is 0 Å². The molecule has 12 heavy (non-hydrogen) atoms. The molecule has 0 heterocycles. The molecule has 0 saturated carbocycles. The van der Waals surface area contributed by atoms with Crippen molar-refractivity contribution in [3.63, 3.8) is 0 Å². The van der Waals surface area contributed by atoms with E-state index in [0.717, 1.165) is 0 Å². The molecule has 2 heteroatoms. The third-order valence-corrected chi connectivity index (χ3v) is 0. The van der Waals surface area contributed by atoms with Gasteiger partial charge in [-0.2, -0.15) is 34.6 Å². The smallest absolute Gasteiger partial charge is 0.346 e.